The summed E-state index contributed by atoms with van der Waals surface area (Å²) in [5.41, 5.74) is 1.30. The highest BCUT2D eigenvalue weighted by molar-refractivity contribution is 9.10. The van der Waals surface area contributed by atoms with Gasteiger partial charge in [0.2, 0.25) is 0 Å². The van der Waals surface area contributed by atoms with E-state index < -0.39 is 0 Å². The van der Waals surface area contributed by atoms with E-state index >= 15 is 0 Å². The number of hydrogen-bond donors (Lipinski definition) is 0. The quantitative estimate of drug-likeness (QED) is 0.793. The zero-order chi connectivity index (χ0) is 10.7. The lowest BCUT2D eigenvalue weighted by molar-refractivity contribution is 0.208. The van der Waals surface area contributed by atoms with Crippen LogP contribution in [-0.4, -0.2) is 6.10 Å². The summed E-state index contributed by atoms with van der Waals surface area (Å²) >= 11 is 3.49. The fourth-order valence-electron chi connectivity index (χ4n) is 2.13. The molecule has 1 saturated carbocycles. The first-order chi connectivity index (χ1) is 7.29. The smallest absolute Gasteiger partial charge is 0.122 e. The number of hydrogen-bond acceptors (Lipinski definition) is 1. The lowest BCUT2D eigenvalue weighted by atomic mass is 10.1. The third kappa shape index (κ3) is 2.75. The van der Waals surface area contributed by atoms with E-state index in [1.54, 1.807) is 0 Å². The summed E-state index contributed by atoms with van der Waals surface area (Å²) < 4.78 is 7.17. The SMILES string of the molecule is CCc1cc(Br)ccc1OC1CCCC1. The van der Waals surface area contributed by atoms with Crippen molar-refractivity contribution in [1.82, 2.24) is 0 Å². The summed E-state index contributed by atoms with van der Waals surface area (Å²) in [5.74, 6) is 1.08. The van der Waals surface area contributed by atoms with Crippen molar-refractivity contribution in [3.05, 3.63) is 28.2 Å². The van der Waals surface area contributed by atoms with Crippen LogP contribution in [0.5, 0.6) is 5.75 Å². The van der Waals surface area contributed by atoms with Crippen LogP contribution >= 0.6 is 15.9 Å². The molecule has 0 radical (unpaired) electrons. The molecule has 0 atom stereocenters. The van der Waals surface area contributed by atoms with E-state index in [-0.39, 0.29) is 0 Å². The van der Waals surface area contributed by atoms with E-state index in [4.69, 9.17) is 4.74 Å². The monoisotopic (exact) mass is 268 g/mol. The Morgan fingerprint density at radius 3 is 2.73 bits per heavy atom. The molecule has 1 aromatic carbocycles. The number of aryl methyl sites for hydroxylation is 1. The first-order valence-corrected chi connectivity index (χ1v) is 6.54. The van der Waals surface area contributed by atoms with Gasteiger partial charge in [-0.15, -0.1) is 0 Å². The second kappa shape index (κ2) is 5.02. The fourth-order valence-corrected chi connectivity index (χ4v) is 2.53. The fraction of sp³-hybridized carbons (Fsp3) is 0.538. The van der Waals surface area contributed by atoms with E-state index in [1.807, 2.05) is 0 Å². The minimum Gasteiger partial charge on any atom is -0.490 e. The number of benzene rings is 1. The Bertz CT molecular complexity index is 329. The molecule has 0 bridgehead atoms. The molecule has 0 aromatic heterocycles. The van der Waals surface area contributed by atoms with Gasteiger partial charge in [-0.1, -0.05) is 22.9 Å². The van der Waals surface area contributed by atoms with Crippen LogP contribution in [0.3, 0.4) is 0 Å². The average molecular weight is 269 g/mol. The molecule has 2 rings (SSSR count). The van der Waals surface area contributed by atoms with Gasteiger partial charge in [-0.3, -0.25) is 0 Å². The molecule has 0 spiro atoms. The molecule has 0 heterocycles. The van der Waals surface area contributed by atoms with Gasteiger partial charge < -0.3 is 4.74 Å². The Balaban J connectivity index is 2.12. The molecule has 0 unspecified atom stereocenters. The summed E-state index contributed by atoms with van der Waals surface area (Å²) in [6.45, 7) is 2.17. The van der Waals surface area contributed by atoms with Crippen molar-refractivity contribution in [2.24, 2.45) is 0 Å². The topological polar surface area (TPSA) is 9.23 Å². The van der Waals surface area contributed by atoms with Gasteiger partial charge in [-0.2, -0.15) is 0 Å². The van der Waals surface area contributed by atoms with Gasteiger partial charge >= 0.3 is 0 Å². The number of ether oxygens (including phenoxy) is 1. The minimum atomic E-state index is 0.455. The van der Waals surface area contributed by atoms with Gasteiger partial charge in [0.05, 0.1) is 6.10 Å². The van der Waals surface area contributed by atoms with E-state index in [0.717, 1.165) is 16.6 Å². The molecule has 1 fully saturated rings. The Labute approximate surface area is 100.0 Å². The van der Waals surface area contributed by atoms with E-state index in [1.165, 1.54) is 31.2 Å². The molecule has 0 aliphatic heterocycles. The van der Waals surface area contributed by atoms with Crippen molar-refractivity contribution < 1.29 is 4.74 Å². The highest BCUT2D eigenvalue weighted by Crippen LogP contribution is 2.28. The zero-order valence-electron chi connectivity index (χ0n) is 9.13. The third-order valence-corrected chi connectivity index (χ3v) is 3.49. The molecule has 1 nitrogen and oxygen atoms in total. The van der Waals surface area contributed by atoms with Crippen LogP contribution < -0.4 is 4.74 Å². The van der Waals surface area contributed by atoms with Crippen molar-refractivity contribution in [3.63, 3.8) is 0 Å². The maximum atomic E-state index is 6.03. The van der Waals surface area contributed by atoms with Gasteiger partial charge in [-0.05, 0) is 55.9 Å². The lowest BCUT2D eigenvalue weighted by Crippen LogP contribution is -2.11. The highest BCUT2D eigenvalue weighted by atomic mass is 79.9. The number of halogens is 1. The van der Waals surface area contributed by atoms with Crippen LogP contribution in [0.2, 0.25) is 0 Å². The van der Waals surface area contributed by atoms with E-state index in [0.29, 0.717) is 6.10 Å². The maximum absolute atomic E-state index is 6.03. The van der Waals surface area contributed by atoms with Crippen LogP contribution in [0.4, 0.5) is 0 Å². The molecule has 0 saturated heterocycles. The molecule has 1 aliphatic carbocycles. The first-order valence-electron chi connectivity index (χ1n) is 5.74. The molecule has 0 amide bonds. The molecule has 0 N–H and O–H groups in total. The molecule has 2 heteroatoms. The summed E-state index contributed by atoms with van der Waals surface area (Å²) in [5, 5.41) is 0. The summed E-state index contributed by atoms with van der Waals surface area (Å²) in [4.78, 5) is 0. The molecule has 1 aromatic rings. The Hall–Kier alpha value is -0.500. The Morgan fingerprint density at radius 1 is 1.33 bits per heavy atom. The van der Waals surface area contributed by atoms with E-state index in [9.17, 15) is 0 Å². The van der Waals surface area contributed by atoms with Gasteiger partial charge in [0.15, 0.2) is 0 Å². The minimum absolute atomic E-state index is 0.455. The van der Waals surface area contributed by atoms with Gasteiger partial charge in [0.1, 0.15) is 5.75 Å². The van der Waals surface area contributed by atoms with Crippen LogP contribution in [0, 0.1) is 0 Å². The lowest BCUT2D eigenvalue weighted by Gasteiger charge is -2.16. The normalized spacial score (nSPS) is 16.9. The largest absolute Gasteiger partial charge is 0.490 e. The van der Waals surface area contributed by atoms with Crippen LogP contribution in [-0.2, 0) is 6.42 Å². The van der Waals surface area contributed by atoms with Crippen LogP contribution in [0.1, 0.15) is 38.2 Å². The van der Waals surface area contributed by atoms with Gasteiger partial charge in [0.25, 0.3) is 0 Å². The average Bonchev–Trinajstić information content (AvgIpc) is 2.73. The number of rotatable bonds is 3. The van der Waals surface area contributed by atoms with Crippen molar-refractivity contribution in [1.29, 1.82) is 0 Å². The second-order valence-electron chi connectivity index (χ2n) is 4.13. The van der Waals surface area contributed by atoms with Gasteiger partial charge in [-0.25, -0.2) is 0 Å². The molecule has 82 valence electrons. The predicted octanol–water partition coefficient (Wildman–Crippen LogP) is 4.33. The summed E-state index contributed by atoms with van der Waals surface area (Å²) in [7, 11) is 0. The van der Waals surface area contributed by atoms with Crippen molar-refractivity contribution in [2.75, 3.05) is 0 Å². The van der Waals surface area contributed by atoms with Gasteiger partial charge in [0, 0.05) is 4.47 Å². The van der Waals surface area contributed by atoms with Crippen LogP contribution in [0.25, 0.3) is 0 Å². The maximum Gasteiger partial charge on any atom is 0.122 e. The second-order valence-corrected chi connectivity index (χ2v) is 5.05. The first kappa shape index (κ1) is 11.0. The standard InChI is InChI=1S/C13H17BrO/c1-2-10-9-11(14)7-8-13(10)15-12-5-3-4-6-12/h7-9,12H,2-6H2,1H3. The van der Waals surface area contributed by atoms with Crippen molar-refractivity contribution >= 4 is 15.9 Å². The zero-order valence-corrected chi connectivity index (χ0v) is 10.7. The summed E-state index contributed by atoms with van der Waals surface area (Å²) in [6.07, 6.45) is 6.57. The summed E-state index contributed by atoms with van der Waals surface area (Å²) in [6, 6.07) is 6.30. The third-order valence-electron chi connectivity index (χ3n) is 3.00. The molecule has 15 heavy (non-hydrogen) atoms. The highest BCUT2D eigenvalue weighted by Gasteiger charge is 2.17. The van der Waals surface area contributed by atoms with E-state index in [2.05, 4.69) is 41.1 Å². The Morgan fingerprint density at radius 2 is 2.07 bits per heavy atom. The molecule has 1 aliphatic rings. The Kier molecular flexibility index (Phi) is 3.68. The van der Waals surface area contributed by atoms with Crippen molar-refractivity contribution in [2.45, 2.75) is 45.1 Å². The predicted molar refractivity (Wildman–Crippen MR) is 66.4 cm³/mol. The van der Waals surface area contributed by atoms with Crippen molar-refractivity contribution in [3.8, 4) is 5.75 Å². The van der Waals surface area contributed by atoms with Crippen LogP contribution in [0.15, 0.2) is 22.7 Å². The molecular formula is C13H17BrO. The molecular weight excluding hydrogens is 252 g/mol.